The highest BCUT2D eigenvalue weighted by Gasteiger charge is 2.50. The first kappa shape index (κ1) is 45.3. The largest absolute Gasteiger partial charge is 0.376 e. The Balaban J connectivity index is 1.20. The highest BCUT2D eigenvalue weighted by atomic mass is 32.1. The number of hydrogen-bond acceptors (Lipinski definition) is 3. The van der Waals surface area contributed by atoms with E-state index in [-0.39, 0.29) is 39.3 Å². The Bertz CT molecular complexity index is 3580. The van der Waals surface area contributed by atoms with E-state index in [4.69, 9.17) is 0 Å². The molecule has 8 aromatic rings. The lowest BCUT2D eigenvalue weighted by atomic mass is 9.46. The Morgan fingerprint density at radius 1 is 0.437 bits per heavy atom. The topological polar surface area (TPSA) is 6.48 Å². The molecular formula is C67H71BN2S. The van der Waals surface area contributed by atoms with Gasteiger partial charge in [-0.2, -0.15) is 0 Å². The molecule has 0 N–H and O–H groups in total. The minimum Gasteiger partial charge on any atom is -0.376 e. The van der Waals surface area contributed by atoms with E-state index in [1.807, 2.05) is 0 Å². The first-order valence-corrected chi connectivity index (χ1v) is 27.7. The normalized spacial score (nSPS) is 20.2. The summed E-state index contributed by atoms with van der Waals surface area (Å²) in [5.41, 5.74) is 24.1. The number of hydrogen-bond donors (Lipinski definition) is 0. The molecule has 1 aromatic heterocycles. The van der Waals surface area contributed by atoms with Gasteiger partial charge in [0.15, 0.2) is 0 Å². The molecule has 0 spiro atoms. The minimum atomic E-state index is -0.0625. The van der Waals surface area contributed by atoms with Crippen LogP contribution in [0.25, 0.3) is 43.1 Å². The second kappa shape index (κ2) is 14.8. The van der Waals surface area contributed by atoms with Gasteiger partial charge >= 0.3 is 6.85 Å². The zero-order valence-corrected chi connectivity index (χ0v) is 45.5. The second-order valence-electron chi connectivity index (χ2n) is 26.5. The molecular weight excluding hydrogens is 876 g/mol. The molecule has 0 saturated heterocycles. The summed E-state index contributed by atoms with van der Waals surface area (Å²) in [5.74, 6) is 0. The summed E-state index contributed by atoms with van der Waals surface area (Å²) in [4.78, 5) is 5.61. The Labute approximate surface area is 428 Å². The van der Waals surface area contributed by atoms with E-state index < -0.39 is 0 Å². The molecule has 0 bridgehead atoms. The van der Waals surface area contributed by atoms with Crippen LogP contribution in [0, 0.1) is 6.92 Å². The number of anilines is 5. The van der Waals surface area contributed by atoms with Crippen molar-refractivity contribution in [2.45, 2.75) is 161 Å². The average molecular weight is 947 g/mol. The van der Waals surface area contributed by atoms with Crippen LogP contribution in [0.1, 0.15) is 161 Å². The van der Waals surface area contributed by atoms with Crippen LogP contribution >= 0.6 is 11.3 Å². The predicted octanol–water partition coefficient (Wildman–Crippen LogP) is 17.8. The Morgan fingerprint density at radius 3 is 1.66 bits per heavy atom. The summed E-state index contributed by atoms with van der Waals surface area (Å²) in [6, 6.07) is 48.5. The number of thiophene rings is 1. The van der Waals surface area contributed by atoms with Crippen LogP contribution in [-0.2, 0) is 32.5 Å². The highest BCUT2D eigenvalue weighted by molar-refractivity contribution is 7.32. The average Bonchev–Trinajstić information content (AvgIpc) is 3.72. The molecule has 3 heterocycles. The van der Waals surface area contributed by atoms with Crippen molar-refractivity contribution in [1.82, 2.24) is 0 Å². The van der Waals surface area contributed by atoms with E-state index in [0.717, 1.165) is 0 Å². The van der Waals surface area contributed by atoms with Crippen molar-refractivity contribution in [1.29, 1.82) is 0 Å². The maximum atomic E-state index is 2.81. The summed E-state index contributed by atoms with van der Waals surface area (Å²) in [5, 5.41) is 3.99. The van der Waals surface area contributed by atoms with E-state index in [2.05, 4.69) is 232 Å². The van der Waals surface area contributed by atoms with Crippen molar-refractivity contribution in [3.05, 3.63) is 160 Å². The lowest BCUT2D eigenvalue weighted by molar-refractivity contribution is 0.332. The number of aryl methyl sites for hydroxylation is 1. The molecule has 0 atom stereocenters. The molecule has 13 rings (SSSR count). The first-order chi connectivity index (χ1) is 33.6. The first-order valence-electron chi connectivity index (χ1n) is 26.8. The predicted molar refractivity (Wildman–Crippen MR) is 309 cm³/mol. The van der Waals surface area contributed by atoms with Crippen LogP contribution in [0.2, 0.25) is 0 Å². The standard InChI is InChI=1S/C67H71BN2S/c1-40-33-50-53(66(10,11)31-29-63(50,4)5)38-56(40)69-59-45-22-18-17-21-43(45)35-47-46-34-42(41-19-15-14-16-20-41)23-26-55(46)70(44-24-25-49-51(36-44)64(6,7)28-27-62(49,2)3)68(58(47)59)61-60(69)48-37-52-54(39-57(48)71-61)67(12,13)32-30-65(52,8)9/h14-26,33-39H,27-32H2,1-13H3. The Morgan fingerprint density at radius 2 is 1.00 bits per heavy atom. The third-order valence-electron chi connectivity index (χ3n) is 19.1. The van der Waals surface area contributed by atoms with Gasteiger partial charge < -0.3 is 9.71 Å². The SMILES string of the molecule is Cc1cc2c(cc1N1c3c4c(cc5ccccc35)-c3cc(-c5ccccc5)ccc3N(c3ccc5c(c3)C(C)(C)CCC5(C)C)B4c3sc4cc5c(cc4c31)C(C)(C)CCC5(C)C)C(C)(C)CCC2(C)C. The highest BCUT2D eigenvalue weighted by Crippen LogP contribution is 2.57. The fourth-order valence-corrected chi connectivity index (χ4v) is 15.6. The Hall–Kier alpha value is -5.58. The van der Waals surface area contributed by atoms with Gasteiger partial charge in [-0.1, -0.05) is 156 Å². The zero-order valence-electron chi connectivity index (χ0n) is 44.7. The third-order valence-corrected chi connectivity index (χ3v) is 20.3. The molecule has 2 aliphatic heterocycles. The Kier molecular flexibility index (Phi) is 9.43. The maximum absolute atomic E-state index is 2.81. The van der Waals surface area contributed by atoms with Crippen LogP contribution in [0.4, 0.5) is 28.4 Å². The number of rotatable bonds is 3. The monoisotopic (exact) mass is 947 g/mol. The van der Waals surface area contributed by atoms with Gasteiger partial charge in [0.25, 0.3) is 0 Å². The van der Waals surface area contributed by atoms with Crippen LogP contribution < -0.4 is 20.0 Å². The van der Waals surface area contributed by atoms with Crippen LogP contribution in [0.5, 0.6) is 0 Å². The molecule has 0 fully saturated rings. The molecule has 2 nitrogen and oxygen atoms in total. The van der Waals surface area contributed by atoms with Gasteiger partial charge in [0.1, 0.15) is 0 Å². The lowest BCUT2D eigenvalue weighted by Gasteiger charge is -2.47. The van der Waals surface area contributed by atoms with Crippen LogP contribution in [0.15, 0.2) is 121 Å². The van der Waals surface area contributed by atoms with Crippen molar-refractivity contribution in [2.24, 2.45) is 0 Å². The van der Waals surface area contributed by atoms with Crippen LogP contribution in [-0.4, -0.2) is 6.85 Å². The molecule has 358 valence electrons. The molecule has 0 radical (unpaired) electrons. The van der Waals surface area contributed by atoms with Crippen molar-refractivity contribution in [3.63, 3.8) is 0 Å². The summed E-state index contributed by atoms with van der Waals surface area (Å²) < 4.78 is 2.84. The molecule has 7 aromatic carbocycles. The number of benzene rings is 7. The maximum Gasteiger partial charge on any atom is 0.343 e. The summed E-state index contributed by atoms with van der Waals surface area (Å²) in [6.45, 7) is 32.1. The third kappa shape index (κ3) is 6.51. The van der Waals surface area contributed by atoms with Crippen molar-refractivity contribution >= 4 is 77.7 Å². The van der Waals surface area contributed by atoms with Crippen molar-refractivity contribution in [3.8, 4) is 22.3 Å². The quantitative estimate of drug-likeness (QED) is 0.163. The van der Waals surface area contributed by atoms with E-state index in [9.17, 15) is 0 Å². The molecule has 5 aliphatic rings. The molecule has 0 amide bonds. The van der Waals surface area contributed by atoms with E-state index in [0.29, 0.717) is 0 Å². The minimum absolute atomic E-state index is 0.0520. The van der Waals surface area contributed by atoms with Gasteiger partial charge in [-0.05, 0) is 193 Å². The zero-order chi connectivity index (χ0) is 49.5. The summed E-state index contributed by atoms with van der Waals surface area (Å²) in [6.07, 6.45) is 7.13. The van der Waals surface area contributed by atoms with Gasteiger partial charge in [0, 0.05) is 42.9 Å². The summed E-state index contributed by atoms with van der Waals surface area (Å²) >= 11 is 2.07. The van der Waals surface area contributed by atoms with E-state index >= 15 is 0 Å². The number of nitrogens with zero attached hydrogens (tertiary/aromatic N) is 2. The smallest absolute Gasteiger partial charge is 0.343 e. The van der Waals surface area contributed by atoms with E-state index in [1.165, 1.54) is 159 Å². The van der Waals surface area contributed by atoms with Gasteiger partial charge in [-0.25, -0.2) is 0 Å². The molecule has 3 aliphatic carbocycles. The number of fused-ring (bicyclic) bond motifs is 11. The molecule has 4 heteroatoms. The van der Waals surface area contributed by atoms with Gasteiger partial charge in [-0.3, -0.25) is 0 Å². The van der Waals surface area contributed by atoms with Crippen LogP contribution in [0.3, 0.4) is 0 Å². The fourth-order valence-electron chi connectivity index (χ4n) is 14.3. The van der Waals surface area contributed by atoms with Gasteiger partial charge in [-0.15, -0.1) is 11.3 Å². The molecule has 71 heavy (non-hydrogen) atoms. The molecule has 0 saturated carbocycles. The van der Waals surface area contributed by atoms with E-state index in [1.54, 1.807) is 0 Å². The molecule has 0 unspecified atom stereocenters. The van der Waals surface area contributed by atoms with Gasteiger partial charge in [0.05, 0.1) is 11.4 Å². The second-order valence-corrected chi connectivity index (χ2v) is 27.6. The summed E-state index contributed by atoms with van der Waals surface area (Å²) in [7, 11) is 0. The fraction of sp³-hybridized carbons (Fsp3) is 0.373. The van der Waals surface area contributed by atoms with Crippen molar-refractivity contribution < 1.29 is 0 Å². The lowest BCUT2D eigenvalue weighted by Crippen LogP contribution is -2.60. The van der Waals surface area contributed by atoms with Crippen molar-refractivity contribution in [2.75, 3.05) is 9.71 Å². The van der Waals surface area contributed by atoms with Gasteiger partial charge in [0.2, 0.25) is 0 Å².